The van der Waals surface area contributed by atoms with Crippen LogP contribution in [0.4, 0.5) is 0 Å². The molecule has 2 N–H and O–H groups in total. The highest BCUT2D eigenvalue weighted by atomic mass is 16.2. The van der Waals surface area contributed by atoms with Crippen LogP contribution in [0.1, 0.15) is 43.7 Å². The molecule has 1 saturated carbocycles. The molecule has 0 aliphatic heterocycles. The summed E-state index contributed by atoms with van der Waals surface area (Å²) in [5, 5.41) is 11.8. The Hall–Kier alpha value is -1.79. The van der Waals surface area contributed by atoms with Crippen LogP contribution in [0.2, 0.25) is 0 Å². The van der Waals surface area contributed by atoms with Gasteiger partial charge < -0.3 is 10.4 Å². The average Bonchev–Trinajstić information content (AvgIpc) is 2.91. The first-order valence-electron chi connectivity index (χ1n) is 7.12. The number of hydrogen-bond donors (Lipinski definition) is 2. The molecule has 1 aromatic rings. The number of carbonyl (C=O) groups is 1. The molecule has 0 heterocycles. The van der Waals surface area contributed by atoms with Crippen LogP contribution in [0.25, 0.3) is 0 Å². The Morgan fingerprint density at radius 2 is 2.05 bits per heavy atom. The minimum atomic E-state index is -0.203. The number of benzene rings is 1. The lowest BCUT2D eigenvalue weighted by Crippen LogP contribution is -2.36. The summed E-state index contributed by atoms with van der Waals surface area (Å²) in [5.41, 5.74) is 1.65. The summed E-state index contributed by atoms with van der Waals surface area (Å²) in [7, 11) is 0. The van der Waals surface area contributed by atoms with Crippen molar-refractivity contribution in [3.63, 3.8) is 0 Å². The van der Waals surface area contributed by atoms with Crippen LogP contribution in [0, 0.1) is 17.3 Å². The maximum Gasteiger partial charge on any atom is 0.226 e. The third-order valence-corrected chi connectivity index (χ3v) is 4.01. The van der Waals surface area contributed by atoms with E-state index in [0.29, 0.717) is 6.54 Å². The van der Waals surface area contributed by atoms with E-state index in [0.717, 1.165) is 36.8 Å². The lowest BCUT2D eigenvalue weighted by Gasteiger charge is -2.22. The van der Waals surface area contributed by atoms with E-state index in [-0.39, 0.29) is 17.9 Å². The van der Waals surface area contributed by atoms with Crippen molar-refractivity contribution in [1.82, 2.24) is 5.32 Å². The maximum atomic E-state index is 12.3. The van der Waals surface area contributed by atoms with E-state index in [1.165, 1.54) is 0 Å². The topological polar surface area (TPSA) is 49.3 Å². The Morgan fingerprint density at radius 1 is 1.35 bits per heavy atom. The van der Waals surface area contributed by atoms with Gasteiger partial charge in [-0.3, -0.25) is 4.79 Å². The van der Waals surface area contributed by atoms with Crippen LogP contribution in [0.15, 0.2) is 24.3 Å². The van der Waals surface area contributed by atoms with Gasteiger partial charge in [0, 0.05) is 17.5 Å². The zero-order valence-electron chi connectivity index (χ0n) is 11.9. The van der Waals surface area contributed by atoms with Gasteiger partial charge in [0.1, 0.15) is 6.61 Å². The molecule has 1 amide bonds. The van der Waals surface area contributed by atoms with E-state index in [1.54, 1.807) is 0 Å². The van der Waals surface area contributed by atoms with Crippen molar-refractivity contribution in [2.75, 3.05) is 6.61 Å². The number of amides is 1. The smallest absolute Gasteiger partial charge is 0.226 e. The second kappa shape index (κ2) is 6.58. The predicted molar refractivity (Wildman–Crippen MR) is 78.8 cm³/mol. The minimum absolute atomic E-state index is 0.139. The van der Waals surface area contributed by atoms with Gasteiger partial charge in [-0.2, -0.15) is 0 Å². The van der Waals surface area contributed by atoms with Gasteiger partial charge >= 0.3 is 0 Å². The average molecular weight is 271 g/mol. The van der Waals surface area contributed by atoms with Crippen LogP contribution in [0.5, 0.6) is 0 Å². The molecule has 0 unspecified atom stereocenters. The molecule has 1 aliphatic carbocycles. The molecule has 0 bridgehead atoms. The van der Waals surface area contributed by atoms with Crippen LogP contribution in [-0.4, -0.2) is 17.6 Å². The van der Waals surface area contributed by atoms with Gasteiger partial charge in [-0.05, 0) is 24.5 Å². The lowest BCUT2D eigenvalue weighted by molar-refractivity contribution is -0.130. The first kappa shape index (κ1) is 14.6. The number of rotatable bonds is 3. The first-order valence-corrected chi connectivity index (χ1v) is 7.12. The molecule has 0 atom stereocenters. The summed E-state index contributed by atoms with van der Waals surface area (Å²) in [5.74, 6) is 5.70. The van der Waals surface area contributed by atoms with E-state index < -0.39 is 0 Å². The molecular weight excluding hydrogens is 250 g/mol. The van der Waals surface area contributed by atoms with E-state index >= 15 is 0 Å². The molecule has 0 radical (unpaired) electrons. The highest BCUT2D eigenvalue weighted by molar-refractivity contribution is 5.82. The van der Waals surface area contributed by atoms with Gasteiger partial charge in [-0.15, -0.1) is 0 Å². The van der Waals surface area contributed by atoms with E-state index in [2.05, 4.69) is 17.2 Å². The van der Waals surface area contributed by atoms with Gasteiger partial charge in [0.15, 0.2) is 0 Å². The van der Waals surface area contributed by atoms with Crippen molar-refractivity contribution in [1.29, 1.82) is 0 Å². The normalized spacial score (nSPS) is 16.3. The van der Waals surface area contributed by atoms with Crippen LogP contribution < -0.4 is 5.32 Å². The quantitative estimate of drug-likeness (QED) is 0.828. The highest BCUT2D eigenvalue weighted by Crippen LogP contribution is 2.37. The molecule has 1 fully saturated rings. The van der Waals surface area contributed by atoms with E-state index in [1.807, 2.05) is 31.2 Å². The zero-order valence-corrected chi connectivity index (χ0v) is 11.9. The third kappa shape index (κ3) is 3.40. The predicted octanol–water partition coefficient (Wildman–Crippen LogP) is 2.23. The molecule has 106 valence electrons. The molecule has 1 aromatic carbocycles. The van der Waals surface area contributed by atoms with Gasteiger partial charge in [0.25, 0.3) is 0 Å². The second-order valence-electron chi connectivity index (χ2n) is 5.57. The fourth-order valence-corrected chi connectivity index (χ4v) is 2.70. The Labute approximate surface area is 120 Å². The van der Waals surface area contributed by atoms with Crippen molar-refractivity contribution in [2.45, 2.75) is 39.2 Å². The maximum absolute atomic E-state index is 12.3. The SMILES string of the molecule is CC1(C(=O)NCc2ccccc2C#CCO)CCCC1. The Bertz CT molecular complexity index is 533. The molecule has 0 aromatic heterocycles. The summed E-state index contributed by atoms with van der Waals surface area (Å²) < 4.78 is 0. The Balaban J connectivity index is 2.02. The van der Waals surface area contributed by atoms with Crippen molar-refractivity contribution in [2.24, 2.45) is 5.41 Å². The van der Waals surface area contributed by atoms with Gasteiger partial charge in [0.05, 0.1) is 0 Å². The Morgan fingerprint density at radius 3 is 2.75 bits per heavy atom. The number of aliphatic hydroxyl groups excluding tert-OH is 1. The van der Waals surface area contributed by atoms with Crippen molar-refractivity contribution < 1.29 is 9.90 Å². The van der Waals surface area contributed by atoms with Gasteiger partial charge in [0.2, 0.25) is 5.91 Å². The lowest BCUT2D eigenvalue weighted by atomic mass is 9.88. The third-order valence-electron chi connectivity index (χ3n) is 4.01. The fraction of sp³-hybridized carbons (Fsp3) is 0.471. The molecule has 0 spiro atoms. The summed E-state index contributed by atoms with van der Waals surface area (Å²) in [6.45, 7) is 2.39. The molecule has 3 nitrogen and oxygen atoms in total. The number of carbonyl (C=O) groups excluding carboxylic acids is 1. The number of nitrogens with one attached hydrogen (secondary N) is 1. The fourth-order valence-electron chi connectivity index (χ4n) is 2.70. The van der Waals surface area contributed by atoms with Gasteiger partial charge in [-0.25, -0.2) is 0 Å². The van der Waals surface area contributed by atoms with Crippen molar-refractivity contribution >= 4 is 5.91 Å². The minimum Gasteiger partial charge on any atom is -0.384 e. The summed E-state index contributed by atoms with van der Waals surface area (Å²) in [6, 6.07) is 7.70. The Kier molecular flexibility index (Phi) is 4.81. The summed E-state index contributed by atoms with van der Waals surface area (Å²) >= 11 is 0. The van der Waals surface area contributed by atoms with E-state index in [9.17, 15) is 4.79 Å². The molecule has 20 heavy (non-hydrogen) atoms. The standard InChI is InChI=1S/C17H21NO2/c1-17(10-4-5-11-17)16(20)18-13-15-8-3-2-7-14(15)9-6-12-19/h2-3,7-8,19H,4-5,10-13H2,1H3,(H,18,20). The first-order chi connectivity index (χ1) is 9.65. The van der Waals surface area contributed by atoms with Crippen LogP contribution in [0.3, 0.4) is 0 Å². The largest absolute Gasteiger partial charge is 0.384 e. The molecule has 2 rings (SSSR count). The van der Waals surface area contributed by atoms with Crippen molar-refractivity contribution in [3.8, 4) is 11.8 Å². The van der Waals surface area contributed by atoms with Crippen LogP contribution in [-0.2, 0) is 11.3 Å². The molecular formula is C17H21NO2. The van der Waals surface area contributed by atoms with Crippen LogP contribution >= 0.6 is 0 Å². The second-order valence-corrected chi connectivity index (χ2v) is 5.57. The summed E-state index contributed by atoms with van der Waals surface area (Å²) in [4.78, 5) is 12.3. The number of aliphatic hydroxyl groups is 1. The molecule has 0 saturated heterocycles. The van der Waals surface area contributed by atoms with Crippen molar-refractivity contribution in [3.05, 3.63) is 35.4 Å². The molecule has 1 aliphatic rings. The zero-order chi connectivity index (χ0) is 14.4. The van der Waals surface area contributed by atoms with E-state index in [4.69, 9.17) is 5.11 Å². The highest BCUT2D eigenvalue weighted by Gasteiger charge is 2.35. The van der Waals surface area contributed by atoms with Gasteiger partial charge in [-0.1, -0.05) is 49.8 Å². The number of hydrogen-bond acceptors (Lipinski definition) is 2. The molecule has 3 heteroatoms. The summed E-state index contributed by atoms with van der Waals surface area (Å²) in [6.07, 6.45) is 4.24. The monoisotopic (exact) mass is 271 g/mol.